The minimum absolute atomic E-state index is 0.113. The molecule has 0 saturated carbocycles. The van der Waals surface area contributed by atoms with Crippen molar-refractivity contribution in [1.82, 2.24) is 4.57 Å². The van der Waals surface area contributed by atoms with Gasteiger partial charge in [-0.15, -0.1) is 0 Å². The summed E-state index contributed by atoms with van der Waals surface area (Å²) in [6.07, 6.45) is 1.37. The van der Waals surface area contributed by atoms with Gasteiger partial charge in [-0.2, -0.15) is 5.26 Å². The Labute approximate surface area is 153 Å². The van der Waals surface area contributed by atoms with Crippen LogP contribution in [0.15, 0.2) is 35.3 Å². The molecule has 0 bridgehead atoms. The van der Waals surface area contributed by atoms with E-state index in [2.05, 4.69) is 0 Å². The number of methoxy groups -OCH3 is 1. The molecule has 6 nitrogen and oxygen atoms in total. The molecule has 1 aromatic heterocycles. The number of ether oxygens (including phenoxy) is 1. The van der Waals surface area contributed by atoms with Crippen molar-refractivity contribution in [2.45, 2.75) is 12.5 Å². The summed E-state index contributed by atoms with van der Waals surface area (Å²) in [5.41, 5.74) is 0.482. The Hall–Kier alpha value is -2.33. The highest BCUT2D eigenvalue weighted by atomic mass is 35.5. The van der Waals surface area contributed by atoms with E-state index in [1.54, 1.807) is 6.07 Å². The van der Waals surface area contributed by atoms with E-state index >= 15 is 0 Å². The van der Waals surface area contributed by atoms with Crippen LogP contribution in [-0.2, 0) is 9.53 Å². The van der Waals surface area contributed by atoms with Crippen LogP contribution >= 0.6 is 23.2 Å². The van der Waals surface area contributed by atoms with Gasteiger partial charge in [0.1, 0.15) is 6.04 Å². The van der Waals surface area contributed by atoms with E-state index < -0.39 is 17.6 Å². The molecular weight excluding hydrogens is 367 g/mol. The highest BCUT2D eigenvalue weighted by molar-refractivity contribution is 6.33. The van der Waals surface area contributed by atoms with Crippen LogP contribution in [0, 0.1) is 11.3 Å². The topological polar surface area (TPSA) is 92.3 Å². The predicted molar refractivity (Wildman–Crippen MR) is 94.0 cm³/mol. The Morgan fingerprint density at radius 2 is 2.08 bits per heavy atom. The number of nitrogens with zero attached hydrogens (tertiary/aromatic N) is 2. The Bertz CT molecular complexity index is 902. The monoisotopic (exact) mass is 380 g/mol. The number of rotatable bonds is 6. The van der Waals surface area contributed by atoms with Crippen LogP contribution in [0.3, 0.4) is 0 Å². The lowest BCUT2D eigenvalue weighted by Gasteiger charge is -2.17. The fraction of sp³-hybridized carbons (Fsp3) is 0.235. The van der Waals surface area contributed by atoms with E-state index in [0.717, 1.165) is 4.57 Å². The van der Waals surface area contributed by atoms with Crippen molar-refractivity contribution in [2.24, 2.45) is 0 Å². The quantitative estimate of drug-likeness (QED) is 0.829. The maximum absolute atomic E-state index is 12.4. The minimum atomic E-state index is -1.16. The average molecular weight is 381 g/mol. The second-order valence-electron chi connectivity index (χ2n) is 5.22. The van der Waals surface area contributed by atoms with Crippen LogP contribution in [0.4, 0.5) is 0 Å². The van der Waals surface area contributed by atoms with Gasteiger partial charge >= 0.3 is 5.97 Å². The zero-order valence-corrected chi connectivity index (χ0v) is 14.7. The molecule has 8 heteroatoms. The van der Waals surface area contributed by atoms with Crippen molar-refractivity contribution in [3.63, 3.8) is 0 Å². The van der Waals surface area contributed by atoms with E-state index in [9.17, 15) is 20.0 Å². The van der Waals surface area contributed by atoms with Crippen molar-refractivity contribution in [1.29, 1.82) is 5.26 Å². The van der Waals surface area contributed by atoms with Gasteiger partial charge in [-0.05, 0) is 18.2 Å². The number of halogens is 2. The van der Waals surface area contributed by atoms with Crippen LogP contribution in [0.25, 0.3) is 11.1 Å². The highest BCUT2D eigenvalue weighted by Gasteiger charge is 2.22. The van der Waals surface area contributed by atoms with Gasteiger partial charge in [0, 0.05) is 48.6 Å². The predicted octanol–water partition coefficient (Wildman–Crippen LogP) is 3.36. The molecule has 0 aliphatic rings. The summed E-state index contributed by atoms with van der Waals surface area (Å²) < 4.78 is 5.93. The maximum Gasteiger partial charge on any atom is 0.326 e. The second-order valence-corrected chi connectivity index (χ2v) is 6.06. The van der Waals surface area contributed by atoms with Crippen molar-refractivity contribution in [3.8, 4) is 17.2 Å². The number of carboxylic acids is 1. The second kappa shape index (κ2) is 8.17. The summed E-state index contributed by atoms with van der Waals surface area (Å²) in [7, 11) is 1.44. The Balaban J connectivity index is 2.58. The Morgan fingerprint density at radius 3 is 2.68 bits per heavy atom. The molecule has 0 aliphatic carbocycles. The lowest BCUT2D eigenvalue weighted by Crippen LogP contribution is -2.30. The van der Waals surface area contributed by atoms with Crippen LogP contribution < -0.4 is 5.56 Å². The lowest BCUT2D eigenvalue weighted by molar-refractivity contribution is -0.141. The molecule has 1 aromatic carbocycles. The van der Waals surface area contributed by atoms with Crippen molar-refractivity contribution >= 4 is 29.2 Å². The first-order chi connectivity index (χ1) is 11.9. The molecule has 0 saturated heterocycles. The lowest BCUT2D eigenvalue weighted by atomic mass is 10.0. The zero-order chi connectivity index (χ0) is 18.6. The van der Waals surface area contributed by atoms with Gasteiger partial charge in [-0.3, -0.25) is 9.36 Å². The highest BCUT2D eigenvalue weighted by Crippen LogP contribution is 2.31. The Kier molecular flexibility index (Phi) is 6.21. The third-order valence-corrected chi connectivity index (χ3v) is 4.18. The van der Waals surface area contributed by atoms with Crippen molar-refractivity contribution in [3.05, 3.63) is 56.4 Å². The summed E-state index contributed by atoms with van der Waals surface area (Å²) in [4.78, 5) is 23.9. The molecule has 1 atom stereocenters. The molecular formula is C17H14Cl2N2O4. The first-order valence-corrected chi connectivity index (χ1v) is 7.98. The zero-order valence-electron chi connectivity index (χ0n) is 13.2. The number of aromatic nitrogens is 1. The number of hydrogen-bond donors (Lipinski definition) is 1. The summed E-state index contributed by atoms with van der Waals surface area (Å²) in [5, 5.41) is 19.1. The standard InChI is InChI=1S/C17H14Cl2N2O4/c1-25-5-4-15(17(23)24)21-9-14(19)13(7-16(21)22)12-6-11(18)3-2-10(12)8-20/h2-3,6-7,9,15H,4-5H2,1H3,(H,23,24). The third kappa shape index (κ3) is 4.20. The maximum atomic E-state index is 12.4. The SMILES string of the molecule is COCCC(C(=O)O)n1cc(Cl)c(-c2cc(Cl)ccc2C#N)cc1=O. The van der Waals surface area contributed by atoms with E-state index in [-0.39, 0.29) is 18.1 Å². The van der Waals surface area contributed by atoms with Gasteiger partial charge in [-0.25, -0.2) is 4.79 Å². The van der Waals surface area contributed by atoms with Gasteiger partial charge in [0.05, 0.1) is 16.7 Å². The minimum Gasteiger partial charge on any atom is -0.480 e. The molecule has 0 radical (unpaired) electrons. The summed E-state index contributed by atoms with van der Waals surface area (Å²) in [6.45, 7) is 0.176. The summed E-state index contributed by atoms with van der Waals surface area (Å²) in [5.74, 6) is -1.16. The largest absolute Gasteiger partial charge is 0.480 e. The van der Waals surface area contributed by atoms with Crippen LogP contribution in [0.5, 0.6) is 0 Å². The molecule has 0 fully saturated rings. The first-order valence-electron chi connectivity index (χ1n) is 7.22. The van der Waals surface area contributed by atoms with E-state index in [1.807, 2.05) is 6.07 Å². The van der Waals surface area contributed by atoms with Crippen molar-refractivity contribution < 1.29 is 14.6 Å². The first kappa shape index (κ1) is 19.0. The number of hydrogen-bond acceptors (Lipinski definition) is 4. The molecule has 130 valence electrons. The molecule has 0 spiro atoms. The van der Waals surface area contributed by atoms with Gasteiger partial charge in [0.25, 0.3) is 5.56 Å². The number of pyridine rings is 1. The fourth-order valence-electron chi connectivity index (χ4n) is 2.42. The van der Waals surface area contributed by atoms with E-state index in [1.165, 1.54) is 31.5 Å². The van der Waals surface area contributed by atoms with Gasteiger partial charge in [0.15, 0.2) is 0 Å². The molecule has 2 rings (SSSR count). The Morgan fingerprint density at radius 1 is 1.36 bits per heavy atom. The van der Waals surface area contributed by atoms with Gasteiger partial charge < -0.3 is 9.84 Å². The normalized spacial score (nSPS) is 11.8. The van der Waals surface area contributed by atoms with Gasteiger partial charge in [0.2, 0.25) is 0 Å². The smallest absolute Gasteiger partial charge is 0.326 e. The number of carboxylic acid groups (broad SMARTS) is 1. The molecule has 2 aromatic rings. The summed E-state index contributed by atoms with van der Waals surface area (Å²) >= 11 is 12.2. The molecule has 1 unspecified atom stereocenters. The average Bonchev–Trinajstić information content (AvgIpc) is 2.57. The molecule has 0 amide bonds. The number of aliphatic carboxylic acids is 1. The number of benzene rings is 1. The van der Waals surface area contributed by atoms with E-state index in [0.29, 0.717) is 21.7 Å². The fourth-order valence-corrected chi connectivity index (χ4v) is 2.85. The molecule has 1 N–H and O–H groups in total. The number of carbonyl (C=O) groups is 1. The summed E-state index contributed by atoms with van der Waals surface area (Å²) in [6, 6.07) is 6.74. The van der Waals surface area contributed by atoms with E-state index in [4.69, 9.17) is 27.9 Å². The van der Waals surface area contributed by atoms with Crippen LogP contribution in [-0.4, -0.2) is 29.4 Å². The third-order valence-electron chi connectivity index (χ3n) is 3.64. The van der Waals surface area contributed by atoms with Crippen molar-refractivity contribution in [2.75, 3.05) is 13.7 Å². The molecule has 1 heterocycles. The van der Waals surface area contributed by atoms with Crippen LogP contribution in [0.1, 0.15) is 18.0 Å². The van der Waals surface area contributed by atoms with Crippen LogP contribution in [0.2, 0.25) is 10.0 Å². The molecule has 25 heavy (non-hydrogen) atoms. The van der Waals surface area contributed by atoms with Gasteiger partial charge in [-0.1, -0.05) is 23.2 Å². The molecule has 0 aliphatic heterocycles. The number of nitriles is 1.